The Morgan fingerprint density at radius 3 is 3.05 bits per heavy atom. The van der Waals surface area contributed by atoms with Crippen molar-refractivity contribution in [2.45, 2.75) is 6.92 Å². The molecule has 0 aliphatic rings. The average molecular weight is 285 g/mol. The number of aromatic amines is 1. The molecule has 0 aliphatic heterocycles. The molecule has 3 rings (SSSR count). The van der Waals surface area contributed by atoms with Crippen molar-refractivity contribution in [2.75, 3.05) is 12.3 Å². The van der Waals surface area contributed by atoms with Crippen molar-refractivity contribution in [3.63, 3.8) is 0 Å². The molecule has 0 saturated carbocycles. The standard InChI is InChI=1S/C15H15N3OS/c1-2-19-13-5-3-4-12-14(13)10(8-17-12)6-7-11-9-20-15(16)18-11/h3-9,17H,2H2,1H3,(H2,16,18)/b7-6+. The van der Waals surface area contributed by atoms with Crippen molar-refractivity contribution in [1.82, 2.24) is 9.97 Å². The van der Waals surface area contributed by atoms with E-state index in [1.54, 1.807) is 0 Å². The molecule has 3 aromatic rings. The van der Waals surface area contributed by atoms with Crippen LogP contribution < -0.4 is 10.5 Å². The summed E-state index contributed by atoms with van der Waals surface area (Å²) in [5.74, 6) is 0.892. The van der Waals surface area contributed by atoms with E-state index in [0.717, 1.165) is 27.9 Å². The highest BCUT2D eigenvalue weighted by Gasteiger charge is 2.07. The number of hydrogen-bond acceptors (Lipinski definition) is 4. The van der Waals surface area contributed by atoms with E-state index < -0.39 is 0 Å². The summed E-state index contributed by atoms with van der Waals surface area (Å²) in [4.78, 5) is 7.47. The van der Waals surface area contributed by atoms with Gasteiger partial charge in [-0.1, -0.05) is 12.1 Å². The number of nitrogen functional groups attached to an aromatic ring is 1. The van der Waals surface area contributed by atoms with Crippen LogP contribution >= 0.6 is 11.3 Å². The van der Waals surface area contributed by atoms with E-state index >= 15 is 0 Å². The van der Waals surface area contributed by atoms with Crippen LogP contribution in [0.2, 0.25) is 0 Å². The number of nitrogens with two attached hydrogens (primary N) is 1. The molecule has 20 heavy (non-hydrogen) atoms. The Morgan fingerprint density at radius 1 is 1.40 bits per heavy atom. The van der Waals surface area contributed by atoms with Crippen LogP contribution in [0.5, 0.6) is 5.75 Å². The van der Waals surface area contributed by atoms with Crippen molar-refractivity contribution < 1.29 is 4.74 Å². The summed E-state index contributed by atoms with van der Waals surface area (Å²) in [6, 6.07) is 6.01. The number of nitrogens with one attached hydrogen (secondary N) is 1. The van der Waals surface area contributed by atoms with E-state index in [4.69, 9.17) is 10.5 Å². The first-order valence-electron chi connectivity index (χ1n) is 6.40. The van der Waals surface area contributed by atoms with Crippen molar-refractivity contribution in [3.8, 4) is 5.75 Å². The first kappa shape index (κ1) is 12.7. The van der Waals surface area contributed by atoms with Crippen molar-refractivity contribution in [2.24, 2.45) is 0 Å². The fourth-order valence-electron chi connectivity index (χ4n) is 2.14. The van der Waals surface area contributed by atoms with Crippen molar-refractivity contribution in [1.29, 1.82) is 0 Å². The Morgan fingerprint density at radius 2 is 2.30 bits per heavy atom. The Hall–Kier alpha value is -2.27. The zero-order valence-electron chi connectivity index (χ0n) is 11.1. The third-order valence-corrected chi connectivity index (χ3v) is 3.66. The molecular formula is C15H15N3OS. The topological polar surface area (TPSA) is 63.9 Å². The molecule has 2 aromatic heterocycles. The van der Waals surface area contributed by atoms with Crippen molar-refractivity contribution >= 4 is 39.5 Å². The molecule has 0 aliphatic carbocycles. The summed E-state index contributed by atoms with van der Waals surface area (Å²) in [5, 5.41) is 3.61. The fraction of sp³-hybridized carbons (Fsp3) is 0.133. The van der Waals surface area contributed by atoms with Crippen LogP contribution in [0.25, 0.3) is 23.1 Å². The minimum absolute atomic E-state index is 0.582. The Kier molecular flexibility index (Phi) is 3.43. The number of fused-ring (bicyclic) bond motifs is 1. The van der Waals surface area contributed by atoms with E-state index in [-0.39, 0.29) is 0 Å². The van der Waals surface area contributed by atoms with E-state index in [1.807, 2.05) is 48.9 Å². The summed E-state index contributed by atoms with van der Waals surface area (Å²) in [6.07, 6.45) is 5.95. The van der Waals surface area contributed by atoms with Gasteiger partial charge in [-0.2, -0.15) is 0 Å². The van der Waals surface area contributed by atoms with E-state index in [1.165, 1.54) is 11.3 Å². The predicted octanol–water partition coefficient (Wildman–Crippen LogP) is 3.78. The molecular weight excluding hydrogens is 270 g/mol. The highest BCUT2D eigenvalue weighted by molar-refractivity contribution is 7.13. The zero-order chi connectivity index (χ0) is 13.9. The van der Waals surface area contributed by atoms with Gasteiger partial charge in [0.25, 0.3) is 0 Å². The van der Waals surface area contributed by atoms with Gasteiger partial charge in [0.15, 0.2) is 5.13 Å². The number of rotatable bonds is 4. The summed E-state index contributed by atoms with van der Waals surface area (Å²) in [6.45, 7) is 2.63. The second-order valence-electron chi connectivity index (χ2n) is 4.30. The third kappa shape index (κ3) is 2.40. The van der Waals surface area contributed by atoms with E-state index in [9.17, 15) is 0 Å². The van der Waals surface area contributed by atoms with Gasteiger partial charge >= 0.3 is 0 Å². The van der Waals surface area contributed by atoms with Gasteiger partial charge in [0.1, 0.15) is 5.75 Å². The van der Waals surface area contributed by atoms with Crippen LogP contribution in [-0.4, -0.2) is 16.6 Å². The van der Waals surface area contributed by atoms with Crippen LogP contribution in [0, 0.1) is 0 Å². The number of anilines is 1. The summed E-state index contributed by atoms with van der Waals surface area (Å²) >= 11 is 1.44. The summed E-state index contributed by atoms with van der Waals surface area (Å²) in [5.41, 5.74) is 8.64. The second kappa shape index (κ2) is 5.38. The monoisotopic (exact) mass is 285 g/mol. The fourth-order valence-corrected chi connectivity index (χ4v) is 2.67. The van der Waals surface area contributed by atoms with Crippen molar-refractivity contribution in [3.05, 3.63) is 41.0 Å². The molecule has 0 saturated heterocycles. The van der Waals surface area contributed by atoms with Gasteiger partial charge < -0.3 is 15.5 Å². The molecule has 5 heteroatoms. The first-order valence-corrected chi connectivity index (χ1v) is 7.28. The van der Waals surface area contributed by atoms with Gasteiger partial charge in [-0.25, -0.2) is 4.98 Å². The van der Waals surface area contributed by atoms with E-state index in [2.05, 4.69) is 9.97 Å². The quantitative estimate of drug-likeness (QED) is 0.766. The number of hydrogen-bond donors (Lipinski definition) is 2. The number of ether oxygens (including phenoxy) is 1. The minimum Gasteiger partial charge on any atom is -0.493 e. The Labute approximate surface area is 120 Å². The van der Waals surface area contributed by atoms with Crippen LogP contribution in [0.1, 0.15) is 18.2 Å². The molecule has 3 N–H and O–H groups in total. The molecule has 0 radical (unpaired) electrons. The summed E-state index contributed by atoms with van der Waals surface area (Å²) in [7, 11) is 0. The van der Waals surface area contributed by atoms with Gasteiger partial charge in [0, 0.05) is 28.0 Å². The molecule has 0 fully saturated rings. The molecule has 0 bridgehead atoms. The van der Waals surface area contributed by atoms with Gasteiger partial charge in [-0.15, -0.1) is 11.3 Å². The third-order valence-electron chi connectivity index (χ3n) is 2.97. The molecule has 0 atom stereocenters. The predicted molar refractivity (Wildman–Crippen MR) is 84.9 cm³/mol. The maximum Gasteiger partial charge on any atom is 0.180 e. The lowest BCUT2D eigenvalue weighted by Gasteiger charge is -2.05. The second-order valence-corrected chi connectivity index (χ2v) is 5.19. The highest BCUT2D eigenvalue weighted by Crippen LogP contribution is 2.30. The highest BCUT2D eigenvalue weighted by atomic mass is 32.1. The maximum atomic E-state index is 5.69. The Bertz CT molecular complexity index is 757. The first-order chi connectivity index (χ1) is 9.78. The number of thiazole rings is 1. The lowest BCUT2D eigenvalue weighted by atomic mass is 10.1. The Balaban J connectivity index is 2.01. The van der Waals surface area contributed by atoms with Gasteiger partial charge in [0.05, 0.1) is 12.3 Å². The molecule has 4 nitrogen and oxygen atoms in total. The normalized spacial score (nSPS) is 11.4. The molecule has 1 aromatic carbocycles. The number of aromatic nitrogens is 2. The van der Waals surface area contributed by atoms with E-state index in [0.29, 0.717) is 11.7 Å². The largest absolute Gasteiger partial charge is 0.493 e. The van der Waals surface area contributed by atoms with Gasteiger partial charge in [-0.05, 0) is 25.1 Å². The molecule has 0 spiro atoms. The molecule has 0 unspecified atom stereocenters. The minimum atomic E-state index is 0.582. The average Bonchev–Trinajstić information content (AvgIpc) is 3.04. The number of benzene rings is 1. The molecule has 0 amide bonds. The van der Waals surface area contributed by atoms with Crippen LogP contribution in [0.3, 0.4) is 0 Å². The zero-order valence-corrected chi connectivity index (χ0v) is 11.9. The SMILES string of the molecule is CCOc1cccc2[nH]cc(/C=C/c3csc(N)n3)c12. The van der Waals surface area contributed by atoms with Gasteiger partial charge in [0.2, 0.25) is 0 Å². The lowest BCUT2D eigenvalue weighted by molar-refractivity contribution is 0.344. The number of H-pyrrole nitrogens is 1. The van der Waals surface area contributed by atoms with Crippen LogP contribution in [-0.2, 0) is 0 Å². The number of nitrogens with zero attached hydrogens (tertiary/aromatic N) is 1. The van der Waals surface area contributed by atoms with Gasteiger partial charge in [-0.3, -0.25) is 0 Å². The molecule has 102 valence electrons. The van der Waals surface area contributed by atoms with Crippen LogP contribution in [0.4, 0.5) is 5.13 Å². The smallest absolute Gasteiger partial charge is 0.180 e. The van der Waals surface area contributed by atoms with Crippen LogP contribution in [0.15, 0.2) is 29.8 Å². The maximum absolute atomic E-state index is 5.69. The lowest BCUT2D eigenvalue weighted by Crippen LogP contribution is -1.91. The summed E-state index contributed by atoms with van der Waals surface area (Å²) < 4.78 is 5.69. The molecule has 2 heterocycles.